The molecule has 3 N–H and O–H groups in total. The first-order valence-electron chi connectivity index (χ1n) is 5.56. The molecule has 16 heavy (non-hydrogen) atoms. The number of aryl methyl sites for hydroxylation is 1. The molecule has 0 radical (unpaired) electrons. The lowest BCUT2D eigenvalue weighted by Crippen LogP contribution is -2.11. The second-order valence-electron chi connectivity index (χ2n) is 4.48. The Morgan fingerprint density at radius 2 is 2.12 bits per heavy atom. The van der Waals surface area contributed by atoms with Gasteiger partial charge in [0.1, 0.15) is 0 Å². The van der Waals surface area contributed by atoms with Gasteiger partial charge < -0.3 is 10.7 Å². The number of para-hydroxylation sites is 1. The summed E-state index contributed by atoms with van der Waals surface area (Å²) in [7, 11) is 0. The Bertz CT molecular complexity index is 523. The van der Waals surface area contributed by atoms with Gasteiger partial charge in [0.15, 0.2) is 0 Å². The van der Waals surface area contributed by atoms with E-state index in [2.05, 4.69) is 30.6 Å². The Morgan fingerprint density at radius 1 is 1.44 bits per heavy atom. The van der Waals surface area contributed by atoms with Crippen LogP contribution in [0.3, 0.4) is 0 Å². The average Bonchev–Trinajstić information content (AvgIpc) is 2.52. The predicted molar refractivity (Wildman–Crippen MR) is 69.4 cm³/mol. The quantitative estimate of drug-likeness (QED) is 0.755. The van der Waals surface area contributed by atoms with Crippen molar-refractivity contribution in [1.82, 2.24) is 4.98 Å². The number of H-pyrrole nitrogens is 1. The van der Waals surface area contributed by atoms with Crippen molar-refractivity contribution in [3.63, 3.8) is 0 Å². The van der Waals surface area contributed by atoms with Crippen LogP contribution in [-0.2, 0) is 0 Å². The minimum atomic E-state index is 0.0358. The van der Waals surface area contributed by atoms with E-state index in [4.69, 9.17) is 5.73 Å². The number of hydrogen-bond donors (Lipinski definition) is 2. The lowest BCUT2D eigenvalue weighted by atomic mass is 9.98. The van der Waals surface area contributed by atoms with Crippen LogP contribution in [0.5, 0.6) is 0 Å². The molecule has 1 aromatic heterocycles. The molecule has 0 aliphatic carbocycles. The first kappa shape index (κ1) is 11.0. The summed E-state index contributed by atoms with van der Waals surface area (Å²) in [4.78, 5) is 3.37. The summed E-state index contributed by atoms with van der Waals surface area (Å²) in [6.45, 7) is 8.02. The fourth-order valence-electron chi connectivity index (χ4n) is 2.25. The molecular formula is C14H18N2. The van der Waals surface area contributed by atoms with E-state index in [0.29, 0.717) is 0 Å². The zero-order chi connectivity index (χ0) is 11.7. The monoisotopic (exact) mass is 214 g/mol. The van der Waals surface area contributed by atoms with Gasteiger partial charge >= 0.3 is 0 Å². The van der Waals surface area contributed by atoms with E-state index < -0.39 is 0 Å². The van der Waals surface area contributed by atoms with Crippen molar-refractivity contribution >= 4 is 10.9 Å². The Balaban J connectivity index is 2.50. The van der Waals surface area contributed by atoms with E-state index >= 15 is 0 Å². The zero-order valence-corrected chi connectivity index (χ0v) is 9.88. The Labute approximate surface area is 96.2 Å². The molecule has 0 aliphatic rings. The Hall–Kier alpha value is -1.54. The van der Waals surface area contributed by atoms with Crippen LogP contribution in [0.1, 0.15) is 30.6 Å². The van der Waals surface area contributed by atoms with Gasteiger partial charge in [-0.15, -0.1) is 6.58 Å². The third-order valence-corrected chi connectivity index (χ3v) is 2.88. The van der Waals surface area contributed by atoms with Crippen LogP contribution in [0.4, 0.5) is 0 Å². The SMILES string of the molecule is C=C(C)C[C@H](N)c1c(C)[nH]c2ccccc12. The predicted octanol–water partition coefficient (Wildman–Crippen LogP) is 3.44. The number of fused-ring (bicyclic) bond motifs is 1. The van der Waals surface area contributed by atoms with Gasteiger partial charge in [0.05, 0.1) is 0 Å². The van der Waals surface area contributed by atoms with Crippen molar-refractivity contribution in [2.75, 3.05) is 0 Å². The maximum atomic E-state index is 6.23. The van der Waals surface area contributed by atoms with Gasteiger partial charge in [-0.1, -0.05) is 23.8 Å². The number of aromatic amines is 1. The standard InChI is InChI=1S/C14H18N2/c1-9(2)8-12(15)14-10(3)16-13-7-5-4-6-11(13)14/h4-7,12,16H,1,8,15H2,2-3H3/t12-/m0/s1. The van der Waals surface area contributed by atoms with E-state index in [1.165, 1.54) is 10.9 Å². The zero-order valence-electron chi connectivity index (χ0n) is 9.88. The van der Waals surface area contributed by atoms with E-state index in [0.717, 1.165) is 23.2 Å². The van der Waals surface area contributed by atoms with E-state index in [1.54, 1.807) is 0 Å². The molecule has 1 atom stereocenters. The van der Waals surface area contributed by atoms with E-state index in [9.17, 15) is 0 Å². The molecule has 0 saturated carbocycles. The van der Waals surface area contributed by atoms with Gasteiger partial charge in [-0.25, -0.2) is 0 Å². The Kier molecular flexibility index (Phi) is 2.84. The molecule has 2 heteroatoms. The summed E-state index contributed by atoms with van der Waals surface area (Å²) in [6.07, 6.45) is 0.836. The highest BCUT2D eigenvalue weighted by molar-refractivity contribution is 5.85. The van der Waals surface area contributed by atoms with Crippen LogP contribution < -0.4 is 5.73 Å². The first-order chi connectivity index (χ1) is 7.59. The van der Waals surface area contributed by atoms with Crippen LogP contribution in [0, 0.1) is 6.92 Å². The van der Waals surface area contributed by atoms with Gasteiger partial charge in [-0.3, -0.25) is 0 Å². The van der Waals surface area contributed by atoms with Gasteiger partial charge in [0.25, 0.3) is 0 Å². The second-order valence-corrected chi connectivity index (χ2v) is 4.48. The smallest absolute Gasteiger partial charge is 0.0459 e. The number of nitrogens with one attached hydrogen (secondary N) is 1. The van der Waals surface area contributed by atoms with Crippen molar-refractivity contribution < 1.29 is 0 Å². The van der Waals surface area contributed by atoms with Gasteiger partial charge in [-0.05, 0) is 31.9 Å². The van der Waals surface area contributed by atoms with Crippen LogP contribution in [0.25, 0.3) is 10.9 Å². The summed E-state index contributed by atoms with van der Waals surface area (Å²) in [5.74, 6) is 0. The molecule has 0 spiro atoms. The van der Waals surface area contributed by atoms with Crippen LogP contribution in [-0.4, -0.2) is 4.98 Å². The molecule has 2 nitrogen and oxygen atoms in total. The van der Waals surface area contributed by atoms with Gasteiger partial charge in [0.2, 0.25) is 0 Å². The number of aromatic nitrogens is 1. The van der Waals surface area contributed by atoms with Crippen molar-refractivity contribution in [2.45, 2.75) is 26.3 Å². The minimum absolute atomic E-state index is 0.0358. The largest absolute Gasteiger partial charge is 0.358 e. The molecule has 2 rings (SSSR count). The van der Waals surface area contributed by atoms with Gasteiger partial charge in [-0.2, -0.15) is 0 Å². The number of benzene rings is 1. The maximum Gasteiger partial charge on any atom is 0.0459 e. The van der Waals surface area contributed by atoms with E-state index in [1.807, 2.05) is 19.1 Å². The molecule has 0 amide bonds. The molecule has 84 valence electrons. The minimum Gasteiger partial charge on any atom is -0.358 e. The molecule has 0 fully saturated rings. The van der Waals surface area contributed by atoms with Crippen LogP contribution in [0.15, 0.2) is 36.4 Å². The van der Waals surface area contributed by atoms with Crippen LogP contribution >= 0.6 is 0 Å². The number of rotatable bonds is 3. The highest BCUT2D eigenvalue weighted by atomic mass is 14.7. The fourth-order valence-corrected chi connectivity index (χ4v) is 2.25. The number of nitrogens with two attached hydrogens (primary N) is 1. The van der Waals surface area contributed by atoms with Crippen molar-refractivity contribution in [2.24, 2.45) is 5.73 Å². The molecule has 0 bridgehead atoms. The van der Waals surface area contributed by atoms with Crippen molar-refractivity contribution in [3.05, 3.63) is 47.7 Å². The molecule has 0 aliphatic heterocycles. The fraction of sp³-hybridized carbons (Fsp3) is 0.286. The van der Waals surface area contributed by atoms with Crippen molar-refractivity contribution in [1.29, 1.82) is 0 Å². The summed E-state index contributed by atoms with van der Waals surface area (Å²) in [5, 5.41) is 1.23. The topological polar surface area (TPSA) is 41.8 Å². The summed E-state index contributed by atoms with van der Waals surface area (Å²) >= 11 is 0. The highest BCUT2D eigenvalue weighted by Crippen LogP contribution is 2.29. The van der Waals surface area contributed by atoms with Crippen LogP contribution in [0.2, 0.25) is 0 Å². The molecule has 1 heterocycles. The third kappa shape index (κ3) is 1.89. The lowest BCUT2D eigenvalue weighted by molar-refractivity contribution is 0.717. The van der Waals surface area contributed by atoms with Crippen molar-refractivity contribution in [3.8, 4) is 0 Å². The lowest BCUT2D eigenvalue weighted by Gasteiger charge is -2.12. The highest BCUT2D eigenvalue weighted by Gasteiger charge is 2.14. The van der Waals surface area contributed by atoms with E-state index in [-0.39, 0.29) is 6.04 Å². The maximum absolute atomic E-state index is 6.23. The molecule has 1 aromatic carbocycles. The molecule has 0 unspecified atom stereocenters. The Morgan fingerprint density at radius 3 is 2.81 bits per heavy atom. The molecule has 0 saturated heterocycles. The summed E-state index contributed by atoms with van der Waals surface area (Å²) < 4.78 is 0. The van der Waals surface area contributed by atoms with Gasteiger partial charge in [0, 0.05) is 22.6 Å². The summed E-state index contributed by atoms with van der Waals surface area (Å²) in [5.41, 5.74) is 10.9. The number of hydrogen-bond acceptors (Lipinski definition) is 1. The molecule has 2 aromatic rings. The third-order valence-electron chi connectivity index (χ3n) is 2.88. The first-order valence-corrected chi connectivity index (χ1v) is 5.56. The second kappa shape index (κ2) is 4.14. The normalized spacial score (nSPS) is 12.9. The molecular weight excluding hydrogens is 196 g/mol. The average molecular weight is 214 g/mol. The summed E-state index contributed by atoms with van der Waals surface area (Å²) in [6, 6.07) is 8.32.